The number of amides is 2. The van der Waals surface area contributed by atoms with Crippen LogP contribution in [-0.2, 0) is 6.18 Å². The summed E-state index contributed by atoms with van der Waals surface area (Å²) in [6, 6.07) is 18.8. The molecular formula is C29H26F3N3O3. The summed E-state index contributed by atoms with van der Waals surface area (Å²) in [5.74, 6) is -0.490. The van der Waals surface area contributed by atoms with Gasteiger partial charge < -0.3 is 19.9 Å². The van der Waals surface area contributed by atoms with Crippen LogP contribution in [0.2, 0.25) is 0 Å². The molecule has 196 valence electrons. The summed E-state index contributed by atoms with van der Waals surface area (Å²) in [6.45, 7) is 5.02. The van der Waals surface area contributed by atoms with Crippen LogP contribution in [0.15, 0.2) is 72.8 Å². The second-order valence-corrected chi connectivity index (χ2v) is 8.78. The number of anilines is 2. The van der Waals surface area contributed by atoms with Crippen molar-refractivity contribution in [1.29, 1.82) is 0 Å². The number of para-hydroxylation sites is 1. The summed E-state index contributed by atoms with van der Waals surface area (Å²) in [7, 11) is 1.43. The molecule has 0 fully saturated rings. The van der Waals surface area contributed by atoms with Crippen LogP contribution in [0.3, 0.4) is 0 Å². The Labute approximate surface area is 218 Å². The fraction of sp³-hybridized carbons (Fsp3) is 0.172. The lowest BCUT2D eigenvalue weighted by molar-refractivity contribution is -0.137. The highest BCUT2D eigenvalue weighted by Crippen LogP contribution is 2.36. The normalized spacial score (nSPS) is 11.2. The zero-order valence-electron chi connectivity index (χ0n) is 21.2. The summed E-state index contributed by atoms with van der Waals surface area (Å²) in [4.78, 5) is 25.9. The largest absolute Gasteiger partial charge is 0.494 e. The van der Waals surface area contributed by atoms with Gasteiger partial charge in [0.05, 0.1) is 29.6 Å². The van der Waals surface area contributed by atoms with Gasteiger partial charge in [0.2, 0.25) is 0 Å². The van der Waals surface area contributed by atoms with Gasteiger partial charge in [-0.3, -0.25) is 9.59 Å². The van der Waals surface area contributed by atoms with E-state index >= 15 is 0 Å². The first kappa shape index (κ1) is 26.5. The van der Waals surface area contributed by atoms with Crippen molar-refractivity contribution in [3.05, 3.63) is 106 Å². The molecule has 0 aliphatic rings. The first-order chi connectivity index (χ1) is 18.0. The Balaban J connectivity index is 1.63. The molecule has 3 aromatic carbocycles. The van der Waals surface area contributed by atoms with Gasteiger partial charge in [0.1, 0.15) is 5.75 Å². The Morgan fingerprint density at radius 3 is 2.11 bits per heavy atom. The third-order valence-corrected chi connectivity index (χ3v) is 6.20. The molecule has 2 amide bonds. The molecule has 1 heterocycles. The fourth-order valence-corrected chi connectivity index (χ4v) is 4.33. The monoisotopic (exact) mass is 521 g/mol. The Hall–Kier alpha value is -4.53. The molecule has 0 bridgehead atoms. The van der Waals surface area contributed by atoms with Crippen molar-refractivity contribution in [2.24, 2.45) is 0 Å². The molecule has 0 saturated carbocycles. The van der Waals surface area contributed by atoms with Gasteiger partial charge in [0.25, 0.3) is 11.8 Å². The summed E-state index contributed by atoms with van der Waals surface area (Å²) < 4.78 is 47.8. The lowest BCUT2D eigenvalue weighted by Crippen LogP contribution is -2.16. The zero-order chi connectivity index (χ0) is 27.6. The molecule has 4 aromatic rings. The van der Waals surface area contributed by atoms with Crippen LogP contribution in [0.25, 0.3) is 5.69 Å². The SMILES string of the molecule is COc1cc(NC(=O)c2ccccc2)c(C)cc1NC(=O)c1cc(C)n(-c2ccccc2C(F)(F)F)c1C. The molecule has 4 rings (SSSR count). The Kier molecular flexibility index (Phi) is 7.30. The van der Waals surface area contributed by atoms with Gasteiger partial charge in [0, 0.05) is 28.7 Å². The van der Waals surface area contributed by atoms with Crippen LogP contribution in [-0.4, -0.2) is 23.5 Å². The highest BCUT2D eigenvalue weighted by Gasteiger charge is 2.34. The maximum absolute atomic E-state index is 13.6. The molecule has 0 aliphatic carbocycles. The fourth-order valence-electron chi connectivity index (χ4n) is 4.33. The number of ether oxygens (including phenoxy) is 1. The van der Waals surface area contributed by atoms with Crippen molar-refractivity contribution in [2.45, 2.75) is 26.9 Å². The Bertz CT molecular complexity index is 1510. The number of methoxy groups -OCH3 is 1. The number of aromatic nitrogens is 1. The van der Waals surface area contributed by atoms with E-state index in [2.05, 4.69) is 10.6 Å². The number of rotatable bonds is 6. The molecule has 6 nitrogen and oxygen atoms in total. The number of alkyl halides is 3. The van der Waals surface area contributed by atoms with E-state index in [4.69, 9.17) is 4.74 Å². The lowest BCUT2D eigenvalue weighted by Gasteiger charge is -2.17. The highest BCUT2D eigenvalue weighted by atomic mass is 19.4. The molecule has 38 heavy (non-hydrogen) atoms. The molecule has 0 saturated heterocycles. The number of carbonyl (C=O) groups excluding carboxylic acids is 2. The summed E-state index contributed by atoms with van der Waals surface area (Å²) in [5, 5.41) is 5.64. The van der Waals surface area contributed by atoms with E-state index in [0.29, 0.717) is 39.6 Å². The molecule has 0 atom stereocenters. The van der Waals surface area contributed by atoms with E-state index < -0.39 is 17.6 Å². The van der Waals surface area contributed by atoms with E-state index in [1.54, 1.807) is 63.2 Å². The average molecular weight is 522 g/mol. The Morgan fingerprint density at radius 1 is 0.816 bits per heavy atom. The minimum Gasteiger partial charge on any atom is -0.494 e. The standard InChI is InChI=1S/C29H26F3N3O3/c1-17-14-24(26(38-4)16-23(17)33-27(36)20-10-6-5-7-11-20)34-28(37)21-15-18(2)35(19(21)3)25-13-9-8-12-22(25)29(30,31)32/h5-16H,1-4H3,(H,33,36)(H,34,37). The molecular weight excluding hydrogens is 495 g/mol. The van der Waals surface area contributed by atoms with E-state index in [9.17, 15) is 22.8 Å². The second kappa shape index (κ2) is 10.5. The van der Waals surface area contributed by atoms with Crippen LogP contribution in [0.1, 0.15) is 43.2 Å². The first-order valence-electron chi connectivity index (χ1n) is 11.7. The number of halogens is 3. The predicted octanol–water partition coefficient (Wildman–Crippen LogP) is 6.93. The van der Waals surface area contributed by atoms with Crippen LogP contribution >= 0.6 is 0 Å². The van der Waals surface area contributed by atoms with Crippen LogP contribution in [0.4, 0.5) is 24.5 Å². The number of aryl methyl sites for hydroxylation is 2. The van der Waals surface area contributed by atoms with Gasteiger partial charge in [-0.1, -0.05) is 30.3 Å². The second-order valence-electron chi connectivity index (χ2n) is 8.78. The van der Waals surface area contributed by atoms with Crippen LogP contribution < -0.4 is 15.4 Å². The molecule has 0 unspecified atom stereocenters. The van der Waals surface area contributed by atoms with Gasteiger partial charge >= 0.3 is 6.18 Å². The van der Waals surface area contributed by atoms with Crippen molar-refractivity contribution in [1.82, 2.24) is 4.57 Å². The minimum atomic E-state index is -4.55. The summed E-state index contributed by atoms with van der Waals surface area (Å²) in [6.07, 6.45) is -4.55. The van der Waals surface area contributed by atoms with Gasteiger partial charge in [-0.15, -0.1) is 0 Å². The van der Waals surface area contributed by atoms with Crippen LogP contribution in [0, 0.1) is 20.8 Å². The number of hydrogen-bond acceptors (Lipinski definition) is 3. The predicted molar refractivity (Wildman–Crippen MR) is 140 cm³/mol. The molecule has 0 radical (unpaired) electrons. The third kappa shape index (κ3) is 5.27. The van der Waals surface area contributed by atoms with Gasteiger partial charge in [0.15, 0.2) is 0 Å². The van der Waals surface area contributed by atoms with Crippen molar-refractivity contribution in [3.8, 4) is 11.4 Å². The van der Waals surface area contributed by atoms with E-state index in [-0.39, 0.29) is 17.2 Å². The molecule has 0 aliphatic heterocycles. The Morgan fingerprint density at radius 2 is 1.45 bits per heavy atom. The third-order valence-electron chi connectivity index (χ3n) is 6.20. The quantitative estimate of drug-likeness (QED) is 0.289. The smallest absolute Gasteiger partial charge is 0.418 e. The van der Waals surface area contributed by atoms with Crippen molar-refractivity contribution in [2.75, 3.05) is 17.7 Å². The van der Waals surface area contributed by atoms with Gasteiger partial charge in [-0.05, 0) is 62.7 Å². The molecule has 1 aromatic heterocycles. The molecule has 2 N–H and O–H groups in total. The van der Waals surface area contributed by atoms with Crippen molar-refractivity contribution >= 4 is 23.2 Å². The minimum absolute atomic E-state index is 0.0546. The van der Waals surface area contributed by atoms with Crippen molar-refractivity contribution in [3.63, 3.8) is 0 Å². The van der Waals surface area contributed by atoms with E-state index in [0.717, 1.165) is 6.07 Å². The first-order valence-corrected chi connectivity index (χ1v) is 11.7. The lowest BCUT2D eigenvalue weighted by atomic mass is 10.1. The van der Waals surface area contributed by atoms with E-state index in [1.165, 1.54) is 29.9 Å². The number of nitrogens with zero attached hydrogens (tertiary/aromatic N) is 1. The number of hydrogen-bond donors (Lipinski definition) is 2. The number of nitrogens with one attached hydrogen (secondary N) is 2. The van der Waals surface area contributed by atoms with E-state index in [1.807, 2.05) is 6.07 Å². The molecule has 9 heteroatoms. The summed E-state index contributed by atoms with van der Waals surface area (Å²) >= 11 is 0. The maximum atomic E-state index is 13.6. The average Bonchev–Trinajstić information content (AvgIpc) is 3.19. The van der Waals surface area contributed by atoms with Crippen molar-refractivity contribution < 1.29 is 27.5 Å². The zero-order valence-corrected chi connectivity index (χ0v) is 21.2. The highest BCUT2D eigenvalue weighted by molar-refractivity contribution is 6.07. The number of benzene rings is 3. The van der Waals surface area contributed by atoms with Gasteiger partial charge in [-0.2, -0.15) is 13.2 Å². The summed E-state index contributed by atoms with van der Waals surface area (Å²) in [5.41, 5.74) is 2.25. The van der Waals surface area contributed by atoms with Gasteiger partial charge in [-0.25, -0.2) is 0 Å². The topological polar surface area (TPSA) is 72.4 Å². The molecule has 0 spiro atoms. The maximum Gasteiger partial charge on any atom is 0.418 e. The number of carbonyl (C=O) groups is 2. The van der Waals surface area contributed by atoms with Crippen LogP contribution in [0.5, 0.6) is 5.75 Å².